The van der Waals surface area contributed by atoms with Crippen molar-refractivity contribution in [3.05, 3.63) is 120 Å². The van der Waals surface area contributed by atoms with Crippen molar-refractivity contribution in [2.45, 2.75) is 18.2 Å². The molecule has 0 saturated carbocycles. The summed E-state index contributed by atoms with van der Waals surface area (Å²) in [4.78, 5) is 22.7. The molecule has 5 aromatic rings. The van der Waals surface area contributed by atoms with Crippen molar-refractivity contribution in [1.82, 2.24) is 5.32 Å². The van der Waals surface area contributed by atoms with Crippen molar-refractivity contribution in [2.75, 3.05) is 12.9 Å². The predicted octanol–water partition coefficient (Wildman–Crippen LogP) is 7.40. The number of ether oxygens (including phenoxy) is 1. The van der Waals surface area contributed by atoms with Crippen LogP contribution in [0.3, 0.4) is 0 Å². The number of aliphatic carboxylic acids is 1. The first-order valence-electron chi connectivity index (χ1n) is 12.9. The Morgan fingerprint density at radius 2 is 1.45 bits per heavy atom. The molecule has 1 aromatic heterocycles. The van der Waals surface area contributed by atoms with E-state index in [9.17, 15) is 14.7 Å². The lowest BCUT2D eigenvalue weighted by atomic mass is 9.96. The number of carbonyl (C=O) groups is 2. The molecule has 0 saturated heterocycles. The highest BCUT2D eigenvalue weighted by Gasteiger charge is 2.20. The zero-order valence-corrected chi connectivity index (χ0v) is 22.8. The van der Waals surface area contributed by atoms with Crippen LogP contribution in [0.1, 0.15) is 16.9 Å². The lowest BCUT2D eigenvalue weighted by molar-refractivity contribution is -0.138. The van der Waals surface area contributed by atoms with Gasteiger partial charge in [0.15, 0.2) is 0 Å². The molecule has 0 fully saturated rings. The van der Waals surface area contributed by atoms with Crippen LogP contribution in [0.5, 0.6) is 0 Å². The largest absolute Gasteiger partial charge is 0.480 e. The fourth-order valence-electron chi connectivity index (χ4n) is 4.61. The Morgan fingerprint density at radius 3 is 2.12 bits per heavy atom. The standard InChI is InChI=1S/C33H29NO5S/c1-38-33(37)34-28(32(35)36)21-40-20-23-11-13-24(14-12-23)25-15-17-26(18-16-25)31-27-9-5-6-10-29(27)39-30(31)19-22-7-3-2-4-8-22/h2-18,28H,19-21H2,1H3,(H,34,37)(H,35,36)/t28-/m0/s1. The molecule has 4 aromatic carbocycles. The Bertz CT molecular complexity index is 1590. The van der Waals surface area contributed by atoms with Crippen LogP contribution in [0, 0.1) is 0 Å². The maximum atomic E-state index is 11.4. The Balaban J connectivity index is 1.29. The van der Waals surface area contributed by atoms with Crippen molar-refractivity contribution in [2.24, 2.45) is 0 Å². The van der Waals surface area contributed by atoms with Crippen LogP contribution in [0.25, 0.3) is 33.2 Å². The van der Waals surface area contributed by atoms with E-state index in [1.165, 1.54) is 24.4 Å². The zero-order valence-electron chi connectivity index (χ0n) is 22.0. The van der Waals surface area contributed by atoms with Crippen molar-refractivity contribution in [3.63, 3.8) is 0 Å². The topological polar surface area (TPSA) is 88.8 Å². The van der Waals surface area contributed by atoms with Gasteiger partial charge in [-0.3, -0.25) is 0 Å². The van der Waals surface area contributed by atoms with Crippen LogP contribution >= 0.6 is 11.8 Å². The third-order valence-electron chi connectivity index (χ3n) is 6.67. The van der Waals surface area contributed by atoms with E-state index >= 15 is 0 Å². The number of methoxy groups -OCH3 is 1. The maximum Gasteiger partial charge on any atom is 0.407 e. The first-order chi connectivity index (χ1) is 19.5. The lowest BCUT2D eigenvalue weighted by Crippen LogP contribution is -2.42. The van der Waals surface area contributed by atoms with E-state index in [0.29, 0.717) is 5.75 Å². The molecule has 0 unspecified atom stereocenters. The van der Waals surface area contributed by atoms with Gasteiger partial charge >= 0.3 is 12.1 Å². The second kappa shape index (κ2) is 12.6. The molecule has 6 nitrogen and oxygen atoms in total. The number of furan rings is 1. The third kappa shape index (κ3) is 6.38. The van der Waals surface area contributed by atoms with Crippen molar-refractivity contribution in [1.29, 1.82) is 0 Å². The Morgan fingerprint density at radius 1 is 0.825 bits per heavy atom. The van der Waals surface area contributed by atoms with Crippen LogP contribution in [-0.2, 0) is 21.7 Å². The molecule has 2 N–H and O–H groups in total. The SMILES string of the molecule is COC(=O)N[C@@H](CSCc1ccc(-c2ccc(-c3c(Cc4ccccc4)oc4ccccc34)cc2)cc1)C(=O)O. The Labute approximate surface area is 237 Å². The number of hydrogen-bond donors (Lipinski definition) is 2. The molecule has 0 aliphatic rings. The van der Waals surface area contributed by atoms with Gasteiger partial charge in [-0.15, -0.1) is 0 Å². The molecule has 7 heteroatoms. The van der Waals surface area contributed by atoms with Gasteiger partial charge in [0.2, 0.25) is 0 Å². The zero-order chi connectivity index (χ0) is 27.9. The van der Waals surface area contributed by atoms with E-state index in [0.717, 1.165) is 51.0 Å². The van der Waals surface area contributed by atoms with Crippen LogP contribution in [-0.4, -0.2) is 36.1 Å². The molecule has 5 rings (SSSR count). The fourth-order valence-corrected chi connectivity index (χ4v) is 5.62. The number of amides is 1. The van der Waals surface area contributed by atoms with Crippen LogP contribution < -0.4 is 5.32 Å². The number of rotatable bonds is 10. The molecule has 0 aliphatic heterocycles. The third-order valence-corrected chi connectivity index (χ3v) is 7.77. The van der Waals surface area contributed by atoms with Gasteiger partial charge in [-0.05, 0) is 33.9 Å². The van der Waals surface area contributed by atoms with E-state index < -0.39 is 18.1 Å². The molecular weight excluding hydrogens is 522 g/mol. The summed E-state index contributed by atoms with van der Waals surface area (Å²) in [7, 11) is 1.21. The Kier molecular flexibility index (Phi) is 8.52. The van der Waals surface area contributed by atoms with E-state index in [2.05, 4.69) is 64.7 Å². The maximum absolute atomic E-state index is 11.4. The summed E-state index contributed by atoms with van der Waals surface area (Å²) in [5.41, 5.74) is 7.60. The van der Waals surface area contributed by atoms with Crippen molar-refractivity contribution in [3.8, 4) is 22.3 Å². The molecule has 0 bridgehead atoms. The average Bonchev–Trinajstić information content (AvgIpc) is 3.35. The highest BCUT2D eigenvalue weighted by molar-refractivity contribution is 7.98. The molecule has 1 heterocycles. The van der Waals surface area contributed by atoms with E-state index in [4.69, 9.17) is 4.42 Å². The number of benzene rings is 4. The highest BCUT2D eigenvalue weighted by atomic mass is 32.2. The lowest BCUT2D eigenvalue weighted by Gasteiger charge is -2.13. The van der Waals surface area contributed by atoms with Gasteiger partial charge in [-0.25, -0.2) is 9.59 Å². The number of carboxylic acids is 1. The minimum atomic E-state index is -1.09. The van der Waals surface area contributed by atoms with Gasteiger partial charge in [0.25, 0.3) is 0 Å². The number of fused-ring (bicyclic) bond motifs is 1. The number of hydrogen-bond acceptors (Lipinski definition) is 5. The second-order valence-electron chi connectivity index (χ2n) is 9.37. The molecule has 202 valence electrons. The minimum absolute atomic E-state index is 0.239. The summed E-state index contributed by atoms with van der Waals surface area (Å²) in [5, 5.41) is 12.7. The number of carboxylic acid groups (broad SMARTS) is 1. The summed E-state index contributed by atoms with van der Waals surface area (Å²) in [6.07, 6.45) is -0.0327. The summed E-state index contributed by atoms with van der Waals surface area (Å²) < 4.78 is 10.8. The van der Waals surface area contributed by atoms with Gasteiger partial charge < -0.3 is 19.6 Å². The molecule has 1 amide bonds. The predicted molar refractivity (Wildman–Crippen MR) is 159 cm³/mol. The van der Waals surface area contributed by atoms with Gasteiger partial charge in [0.05, 0.1) is 7.11 Å². The van der Waals surface area contributed by atoms with Crippen molar-refractivity contribution < 1.29 is 23.8 Å². The number of para-hydroxylation sites is 1. The number of thioether (sulfide) groups is 1. The van der Waals surface area contributed by atoms with Gasteiger partial charge in [-0.1, -0.05) is 97.1 Å². The molecule has 0 aliphatic carbocycles. The normalized spacial score (nSPS) is 11.7. The second-order valence-corrected chi connectivity index (χ2v) is 10.4. The van der Waals surface area contributed by atoms with E-state index in [-0.39, 0.29) is 5.75 Å². The Hall–Kier alpha value is -4.49. The minimum Gasteiger partial charge on any atom is -0.480 e. The van der Waals surface area contributed by atoms with Gasteiger partial charge in [0.1, 0.15) is 17.4 Å². The van der Waals surface area contributed by atoms with Crippen LogP contribution in [0.2, 0.25) is 0 Å². The summed E-state index contributed by atoms with van der Waals surface area (Å²) in [5.74, 6) is 0.730. The van der Waals surface area contributed by atoms with Gasteiger partial charge in [0, 0.05) is 28.9 Å². The molecule has 0 radical (unpaired) electrons. The van der Waals surface area contributed by atoms with Crippen LogP contribution in [0.4, 0.5) is 4.79 Å². The summed E-state index contributed by atoms with van der Waals surface area (Å²) in [6, 6.07) is 34.3. The fraction of sp³-hybridized carbons (Fsp3) is 0.152. The van der Waals surface area contributed by atoms with E-state index in [1.54, 1.807) is 0 Å². The van der Waals surface area contributed by atoms with Gasteiger partial charge in [-0.2, -0.15) is 11.8 Å². The summed E-state index contributed by atoms with van der Waals surface area (Å²) in [6.45, 7) is 0. The molecule has 1 atom stereocenters. The van der Waals surface area contributed by atoms with Crippen LogP contribution in [0.15, 0.2) is 108 Å². The molecule has 40 heavy (non-hydrogen) atoms. The quantitative estimate of drug-likeness (QED) is 0.188. The molecule has 0 spiro atoms. The number of alkyl carbamates (subject to hydrolysis) is 1. The van der Waals surface area contributed by atoms with Crippen molar-refractivity contribution >= 4 is 34.8 Å². The molecular formula is C33H29NO5S. The first kappa shape index (κ1) is 27.1. The summed E-state index contributed by atoms with van der Waals surface area (Å²) >= 11 is 1.44. The smallest absolute Gasteiger partial charge is 0.407 e. The first-order valence-corrected chi connectivity index (χ1v) is 14.1. The monoisotopic (exact) mass is 551 g/mol. The average molecular weight is 552 g/mol. The van der Waals surface area contributed by atoms with E-state index in [1.807, 2.05) is 48.5 Å². The number of carbonyl (C=O) groups excluding carboxylic acids is 1. The number of nitrogens with one attached hydrogen (secondary N) is 1. The highest BCUT2D eigenvalue weighted by Crippen LogP contribution is 2.37.